The van der Waals surface area contributed by atoms with Crippen molar-refractivity contribution in [2.75, 3.05) is 33.3 Å². The Bertz CT molecular complexity index is 712. The highest BCUT2D eigenvalue weighted by atomic mass is 32.1. The molecule has 0 amide bonds. The van der Waals surface area contributed by atoms with Crippen LogP contribution in [0.25, 0.3) is 0 Å². The lowest BCUT2D eigenvalue weighted by molar-refractivity contribution is 0.221. The lowest BCUT2D eigenvalue weighted by atomic mass is 10.2. The molecule has 0 spiro atoms. The summed E-state index contributed by atoms with van der Waals surface area (Å²) in [6.07, 6.45) is 1.89. The molecule has 2 rings (SSSR count). The van der Waals surface area contributed by atoms with Gasteiger partial charge in [-0.15, -0.1) is 11.3 Å². The van der Waals surface area contributed by atoms with Crippen molar-refractivity contribution in [3.05, 3.63) is 45.9 Å². The van der Waals surface area contributed by atoms with E-state index in [1.54, 1.807) is 18.4 Å². The third-order valence-corrected chi connectivity index (χ3v) is 5.19. The number of nitrogens with one attached hydrogen (secondary N) is 2. The lowest BCUT2D eigenvalue weighted by Crippen LogP contribution is -2.36. The number of aliphatic imine (C=N–C) groups is 1. The van der Waals surface area contributed by atoms with Gasteiger partial charge in [0.2, 0.25) is 0 Å². The molecule has 0 aliphatic carbocycles. The van der Waals surface area contributed by atoms with Crippen molar-refractivity contribution in [3.8, 4) is 5.75 Å². The third kappa shape index (κ3) is 7.19. The van der Waals surface area contributed by atoms with Crippen LogP contribution < -0.4 is 15.4 Å². The van der Waals surface area contributed by atoms with Crippen molar-refractivity contribution < 1.29 is 4.74 Å². The summed E-state index contributed by atoms with van der Waals surface area (Å²) in [6, 6.07) is 8.14. The third-order valence-electron chi connectivity index (χ3n) is 4.28. The van der Waals surface area contributed by atoms with Crippen molar-refractivity contribution in [1.82, 2.24) is 20.5 Å². The van der Waals surface area contributed by atoms with E-state index in [2.05, 4.69) is 52.3 Å². The lowest BCUT2D eigenvalue weighted by Gasteiger charge is -2.19. The molecular formula is C20H31N5OS. The van der Waals surface area contributed by atoms with Gasteiger partial charge < -0.3 is 20.3 Å². The minimum absolute atomic E-state index is 0.651. The molecule has 2 aromatic rings. The number of rotatable bonds is 10. The van der Waals surface area contributed by atoms with E-state index in [9.17, 15) is 0 Å². The fourth-order valence-corrected chi connectivity index (χ4v) is 3.38. The number of aromatic nitrogens is 1. The van der Waals surface area contributed by atoms with Crippen LogP contribution >= 0.6 is 11.3 Å². The van der Waals surface area contributed by atoms with E-state index in [-0.39, 0.29) is 0 Å². The van der Waals surface area contributed by atoms with Crippen molar-refractivity contribution >= 4 is 17.3 Å². The number of nitrogens with zero attached hydrogens (tertiary/aromatic N) is 3. The first-order valence-electron chi connectivity index (χ1n) is 9.45. The Labute approximate surface area is 166 Å². The number of hydrogen-bond acceptors (Lipinski definition) is 5. The first kappa shape index (κ1) is 21.2. The van der Waals surface area contributed by atoms with Crippen molar-refractivity contribution in [3.63, 3.8) is 0 Å². The Balaban J connectivity index is 1.84. The highest BCUT2D eigenvalue weighted by molar-refractivity contribution is 7.11. The van der Waals surface area contributed by atoms with Crippen molar-refractivity contribution in [2.24, 2.45) is 4.99 Å². The molecule has 0 fully saturated rings. The molecule has 0 unspecified atom stereocenters. The Hall–Kier alpha value is -2.12. The average Bonchev–Trinajstić information content (AvgIpc) is 3.11. The summed E-state index contributed by atoms with van der Waals surface area (Å²) in [4.78, 5) is 12.2. The van der Waals surface area contributed by atoms with Gasteiger partial charge in [0.1, 0.15) is 17.4 Å². The van der Waals surface area contributed by atoms with Crippen LogP contribution in [0.1, 0.15) is 29.3 Å². The van der Waals surface area contributed by atoms with Crippen molar-refractivity contribution in [2.45, 2.75) is 33.9 Å². The fourth-order valence-electron chi connectivity index (χ4n) is 2.66. The van der Waals surface area contributed by atoms with Gasteiger partial charge in [-0.3, -0.25) is 4.99 Å². The second kappa shape index (κ2) is 11.6. The van der Waals surface area contributed by atoms with E-state index >= 15 is 0 Å². The van der Waals surface area contributed by atoms with Gasteiger partial charge in [0.05, 0.1) is 6.54 Å². The van der Waals surface area contributed by atoms with Gasteiger partial charge in [0.25, 0.3) is 0 Å². The van der Waals surface area contributed by atoms with Gasteiger partial charge in [0.15, 0.2) is 5.96 Å². The zero-order valence-electron chi connectivity index (χ0n) is 16.8. The van der Waals surface area contributed by atoms with E-state index in [0.717, 1.165) is 41.9 Å². The van der Waals surface area contributed by atoms with Gasteiger partial charge in [-0.2, -0.15) is 0 Å². The molecule has 7 heteroatoms. The van der Waals surface area contributed by atoms with Gasteiger partial charge >= 0.3 is 0 Å². The molecule has 0 saturated heterocycles. The van der Waals surface area contributed by atoms with Crippen LogP contribution in [-0.2, 0) is 13.1 Å². The standard InChI is InChI=1S/C20H31N5OS/c1-5-25(6-2)11-12-26-18-10-8-7-9-17(18)14-23-20(21-4)24-15-19-22-13-16(3)27-19/h7-10,13H,5-6,11-12,14-15H2,1-4H3,(H2,21,23,24). The SMILES string of the molecule is CCN(CC)CCOc1ccccc1CNC(=NC)NCc1ncc(C)s1. The second-order valence-electron chi connectivity index (χ2n) is 6.13. The molecule has 0 saturated carbocycles. The van der Waals surface area contributed by atoms with Crippen LogP contribution in [-0.4, -0.2) is 49.1 Å². The zero-order valence-corrected chi connectivity index (χ0v) is 17.6. The molecule has 0 bridgehead atoms. The van der Waals surface area contributed by atoms with E-state index in [1.165, 1.54) is 4.88 Å². The molecular weight excluding hydrogens is 358 g/mol. The number of ether oxygens (including phenoxy) is 1. The number of thiazole rings is 1. The van der Waals surface area contributed by atoms with Crippen molar-refractivity contribution in [1.29, 1.82) is 0 Å². The van der Waals surface area contributed by atoms with Gasteiger partial charge in [-0.1, -0.05) is 32.0 Å². The average molecular weight is 390 g/mol. The smallest absolute Gasteiger partial charge is 0.191 e. The number of benzene rings is 1. The summed E-state index contributed by atoms with van der Waals surface area (Å²) >= 11 is 1.69. The second-order valence-corrected chi connectivity index (χ2v) is 7.45. The first-order chi connectivity index (χ1) is 13.2. The number of likely N-dealkylation sites (N-methyl/N-ethyl adjacent to an activating group) is 1. The van der Waals surface area contributed by atoms with Crippen LogP contribution in [0.4, 0.5) is 0 Å². The van der Waals surface area contributed by atoms with Gasteiger partial charge in [-0.05, 0) is 26.1 Å². The molecule has 1 aromatic heterocycles. The fraction of sp³-hybridized carbons (Fsp3) is 0.500. The van der Waals surface area contributed by atoms with Crippen LogP contribution in [0.15, 0.2) is 35.5 Å². The monoisotopic (exact) mass is 389 g/mol. The number of hydrogen-bond donors (Lipinski definition) is 2. The molecule has 1 heterocycles. The van der Waals surface area contributed by atoms with E-state index in [1.807, 2.05) is 24.4 Å². The molecule has 27 heavy (non-hydrogen) atoms. The molecule has 0 aliphatic rings. The summed E-state index contributed by atoms with van der Waals surface area (Å²) < 4.78 is 6.02. The largest absolute Gasteiger partial charge is 0.492 e. The van der Waals surface area contributed by atoms with E-state index < -0.39 is 0 Å². The Morgan fingerprint density at radius 2 is 1.93 bits per heavy atom. The topological polar surface area (TPSA) is 61.8 Å². The maximum Gasteiger partial charge on any atom is 0.191 e. The molecule has 1 aromatic carbocycles. The predicted molar refractivity (Wildman–Crippen MR) is 114 cm³/mol. The maximum absolute atomic E-state index is 6.02. The summed E-state index contributed by atoms with van der Waals surface area (Å²) in [5, 5.41) is 7.70. The minimum atomic E-state index is 0.651. The van der Waals surface area contributed by atoms with Crippen LogP contribution in [0.5, 0.6) is 5.75 Å². The highest BCUT2D eigenvalue weighted by Gasteiger charge is 2.06. The minimum Gasteiger partial charge on any atom is -0.492 e. The quantitative estimate of drug-likeness (QED) is 0.483. The van der Waals surface area contributed by atoms with E-state index in [4.69, 9.17) is 4.74 Å². The Kier molecular flexibility index (Phi) is 9.07. The molecule has 0 radical (unpaired) electrons. The Morgan fingerprint density at radius 3 is 2.59 bits per heavy atom. The zero-order chi connectivity index (χ0) is 19.5. The summed E-state index contributed by atoms with van der Waals surface area (Å²) in [5.41, 5.74) is 1.12. The predicted octanol–water partition coefficient (Wildman–Crippen LogP) is 3.04. The molecule has 2 N–H and O–H groups in total. The Morgan fingerprint density at radius 1 is 1.19 bits per heavy atom. The normalized spacial score (nSPS) is 11.7. The van der Waals surface area contributed by atoms with Crippen LogP contribution in [0, 0.1) is 6.92 Å². The number of para-hydroxylation sites is 1. The maximum atomic E-state index is 6.02. The summed E-state index contributed by atoms with van der Waals surface area (Å²) in [7, 11) is 1.77. The highest BCUT2D eigenvalue weighted by Crippen LogP contribution is 2.17. The first-order valence-corrected chi connectivity index (χ1v) is 10.3. The number of guanidine groups is 1. The molecule has 0 aliphatic heterocycles. The van der Waals surface area contributed by atoms with E-state index in [0.29, 0.717) is 19.7 Å². The summed E-state index contributed by atoms with van der Waals surface area (Å²) in [5.74, 6) is 1.67. The molecule has 0 atom stereocenters. The van der Waals surface area contributed by atoms with Crippen LogP contribution in [0.3, 0.4) is 0 Å². The van der Waals surface area contributed by atoms with Gasteiger partial charge in [0, 0.05) is 36.8 Å². The number of aryl methyl sites for hydroxylation is 1. The van der Waals surface area contributed by atoms with Crippen LogP contribution in [0.2, 0.25) is 0 Å². The summed E-state index contributed by atoms with van der Waals surface area (Å²) in [6.45, 7) is 11.4. The van der Waals surface area contributed by atoms with Gasteiger partial charge in [-0.25, -0.2) is 4.98 Å². The molecule has 6 nitrogen and oxygen atoms in total. The molecule has 148 valence electrons.